The first-order valence-electron chi connectivity index (χ1n) is 6.14. The Morgan fingerprint density at radius 2 is 1.76 bits per heavy atom. The van der Waals surface area contributed by atoms with Crippen molar-refractivity contribution < 1.29 is 27.9 Å². The Balaban J connectivity index is 2.37. The highest BCUT2D eigenvalue weighted by atomic mass is 19.4. The first-order valence-corrected chi connectivity index (χ1v) is 6.14. The number of carbonyl (C=O) groups excluding carboxylic acids is 1. The number of nitrogens with one attached hydrogen (secondary N) is 2. The molecule has 8 heteroatoms. The van der Waals surface area contributed by atoms with Crippen LogP contribution in [-0.4, -0.2) is 36.2 Å². The zero-order valence-electron chi connectivity index (χ0n) is 11.0. The summed E-state index contributed by atoms with van der Waals surface area (Å²) in [7, 11) is 0. The summed E-state index contributed by atoms with van der Waals surface area (Å²) in [6.45, 7) is -1.67. The zero-order chi connectivity index (χ0) is 15.9. The van der Waals surface area contributed by atoms with Crippen LogP contribution in [0, 0.1) is 0 Å². The van der Waals surface area contributed by atoms with E-state index in [0.717, 1.165) is 5.56 Å². The van der Waals surface area contributed by atoms with Gasteiger partial charge >= 0.3 is 12.1 Å². The molecule has 0 aliphatic heterocycles. The molecule has 5 nitrogen and oxygen atoms in total. The van der Waals surface area contributed by atoms with E-state index in [1.807, 2.05) is 5.32 Å². The van der Waals surface area contributed by atoms with Crippen molar-refractivity contribution in [3.8, 4) is 0 Å². The van der Waals surface area contributed by atoms with Crippen LogP contribution in [0.4, 0.5) is 18.9 Å². The average Bonchev–Trinajstić information content (AvgIpc) is 2.36. The third-order valence-corrected chi connectivity index (χ3v) is 2.48. The van der Waals surface area contributed by atoms with E-state index >= 15 is 0 Å². The van der Waals surface area contributed by atoms with Crippen LogP contribution >= 0.6 is 0 Å². The summed E-state index contributed by atoms with van der Waals surface area (Å²) >= 11 is 0. The first-order chi connectivity index (χ1) is 9.76. The van der Waals surface area contributed by atoms with E-state index in [0.29, 0.717) is 12.1 Å². The minimum absolute atomic E-state index is 0.00701. The minimum atomic E-state index is -4.36. The van der Waals surface area contributed by atoms with Crippen LogP contribution in [0.2, 0.25) is 0 Å². The van der Waals surface area contributed by atoms with E-state index in [1.165, 1.54) is 0 Å². The lowest BCUT2D eigenvalue weighted by Gasteiger charge is -2.09. The summed E-state index contributed by atoms with van der Waals surface area (Å²) in [4.78, 5) is 21.8. The van der Waals surface area contributed by atoms with Gasteiger partial charge in [0.2, 0.25) is 5.91 Å². The van der Waals surface area contributed by atoms with Crippen molar-refractivity contribution in [2.75, 3.05) is 18.4 Å². The molecule has 0 aliphatic carbocycles. The van der Waals surface area contributed by atoms with Crippen molar-refractivity contribution >= 4 is 17.6 Å². The maximum atomic E-state index is 11.9. The normalized spacial score (nSPS) is 11.2. The number of benzene rings is 1. The molecule has 116 valence electrons. The van der Waals surface area contributed by atoms with Crippen LogP contribution in [0.5, 0.6) is 0 Å². The number of hydrogen-bond donors (Lipinski definition) is 3. The second-order valence-corrected chi connectivity index (χ2v) is 4.36. The van der Waals surface area contributed by atoms with Crippen LogP contribution in [0.3, 0.4) is 0 Å². The summed E-state index contributed by atoms with van der Waals surface area (Å²) in [6.07, 6.45) is -3.98. The Bertz CT molecular complexity index is 486. The Morgan fingerprint density at radius 1 is 1.14 bits per heavy atom. The highest BCUT2D eigenvalue weighted by Gasteiger charge is 2.26. The molecule has 3 N–H and O–H groups in total. The maximum Gasteiger partial charge on any atom is 0.401 e. The number of hydrogen-bond acceptors (Lipinski definition) is 3. The van der Waals surface area contributed by atoms with Gasteiger partial charge in [-0.25, -0.2) is 0 Å². The number of halogens is 3. The van der Waals surface area contributed by atoms with Crippen LogP contribution in [0.25, 0.3) is 0 Å². The maximum absolute atomic E-state index is 11.9. The van der Waals surface area contributed by atoms with E-state index in [9.17, 15) is 22.8 Å². The predicted octanol–water partition coefficient (Wildman–Crippen LogP) is 1.79. The molecule has 0 radical (unpaired) electrons. The number of anilines is 1. The SMILES string of the molecule is O=C(O)CCc1ccc(NC(=O)CNCC(F)(F)F)cc1. The molecule has 1 rings (SSSR count). The van der Waals surface area contributed by atoms with Gasteiger partial charge in [-0.15, -0.1) is 0 Å². The summed E-state index contributed by atoms with van der Waals surface area (Å²) in [5.74, 6) is -1.49. The van der Waals surface area contributed by atoms with Crippen LogP contribution < -0.4 is 10.6 Å². The topological polar surface area (TPSA) is 78.4 Å². The summed E-state index contributed by atoms with van der Waals surface area (Å²) in [6, 6.07) is 6.45. The molecule has 0 fully saturated rings. The van der Waals surface area contributed by atoms with Crippen LogP contribution in [0.15, 0.2) is 24.3 Å². The number of amides is 1. The highest BCUT2D eigenvalue weighted by Crippen LogP contribution is 2.12. The minimum Gasteiger partial charge on any atom is -0.481 e. The summed E-state index contributed by atoms with van der Waals surface area (Å²) < 4.78 is 35.6. The number of aryl methyl sites for hydroxylation is 1. The standard InChI is InChI=1S/C13H15F3N2O3/c14-13(15,16)8-17-7-11(19)18-10-4-1-9(2-5-10)3-6-12(20)21/h1-2,4-5,17H,3,6-8H2,(H,18,19)(H,20,21). The lowest BCUT2D eigenvalue weighted by atomic mass is 10.1. The molecule has 0 unspecified atom stereocenters. The van der Waals surface area contributed by atoms with Gasteiger partial charge in [0.25, 0.3) is 0 Å². The molecule has 0 aliphatic rings. The van der Waals surface area contributed by atoms with E-state index in [1.54, 1.807) is 24.3 Å². The highest BCUT2D eigenvalue weighted by molar-refractivity contribution is 5.92. The second-order valence-electron chi connectivity index (χ2n) is 4.36. The summed E-state index contributed by atoms with van der Waals surface area (Å²) in [5, 5.41) is 13.0. The average molecular weight is 304 g/mol. The fraction of sp³-hybridized carbons (Fsp3) is 0.385. The van der Waals surface area contributed by atoms with Crippen LogP contribution in [0.1, 0.15) is 12.0 Å². The zero-order valence-corrected chi connectivity index (χ0v) is 11.0. The number of carboxylic acid groups (broad SMARTS) is 1. The lowest BCUT2D eigenvalue weighted by molar-refractivity contribution is -0.137. The molecule has 0 bridgehead atoms. The number of rotatable bonds is 7. The van der Waals surface area contributed by atoms with Crippen molar-refractivity contribution in [1.82, 2.24) is 5.32 Å². The molecule has 0 saturated heterocycles. The molecule has 0 aromatic heterocycles. The van der Waals surface area contributed by atoms with E-state index in [-0.39, 0.29) is 6.42 Å². The number of aliphatic carboxylic acids is 1. The third-order valence-electron chi connectivity index (χ3n) is 2.48. The Kier molecular flexibility index (Phi) is 6.16. The second kappa shape index (κ2) is 7.63. The van der Waals surface area contributed by atoms with Crippen molar-refractivity contribution in [3.05, 3.63) is 29.8 Å². The van der Waals surface area contributed by atoms with E-state index in [4.69, 9.17) is 5.11 Å². The molecule has 21 heavy (non-hydrogen) atoms. The molecule has 0 heterocycles. The van der Waals surface area contributed by atoms with Crippen molar-refractivity contribution in [3.63, 3.8) is 0 Å². The molecule has 0 spiro atoms. The van der Waals surface area contributed by atoms with Crippen LogP contribution in [-0.2, 0) is 16.0 Å². The quantitative estimate of drug-likeness (QED) is 0.717. The van der Waals surface area contributed by atoms with Gasteiger partial charge in [0.05, 0.1) is 13.1 Å². The van der Waals surface area contributed by atoms with Gasteiger partial charge in [-0.2, -0.15) is 13.2 Å². The number of carboxylic acids is 1. The first kappa shape index (κ1) is 17.0. The van der Waals surface area contributed by atoms with Gasteiger partial charge in [0.1, 0.15) is 0 Å². The molecular formula is C13H15F3N2O3. The van der Waals surface area contributed by atoms with Crippen molar-refractivity contribution in [2.24, 2.45) is 0 Å². The van der Waals surface area contributed by atoms with Gasteiger partial charge in [-0.3, -0.25) is 9.59 Å². The van der Waals surface area contributed by atoms with Gasteiger partial charge in [-0.1, -0.05) is 12.1 Å². The van der Waals surface area contributed by atoms with E-state index in [2.05, 4.69) is 5.32 Å². The fourth-order valence-corrected chi connectivity index (χ4v) is 1.53. The van der Waals surface area contributed by atoms with Gasteiger partial charge in [0.15, 0.2) is 0 Å². The number of carbonyl (C=O) groups is 2. The molecule has 0 saturated carbocycles. The molecule has 1 aromatic carbocycles. The molecule has 1 amide bonds. The van der Waals surface area contributed by atoms with E-state index < -0.39 is 31.1 Å². The Labute approximate surface area is 119 Å². The fourth-order valence-electron chi connectivity index (χ4n) is 1.53. The number of alkyl halides is 3. The molecule has 0 atom stereocenters. The third kappa shape index (κ3) is 7.93. The predicted molar refractivity (Wildman–Crippen MR) is 70.0 cm³/mol. The van der Waals surface area contributed by atoms with Gasteiger partial charge in [-0.05, 0) is 24.1 Å². The van der Waals surface area contributed by atoms with Gasteiger partial charge < -0.3 is 15.7 Å². The Morgan fingerprint density at radius 3 is 2.29 bits per heavy atom. The smallest absolute Gasteiger partial charge is 0.401 e. The van der Waals surface area contributed by atoms with Crippen molar-refractivity contribution in [2.45, 2.75) is 19.0 Å². The molecule has 1 aromatic rings. The van der Waals surface area contributed by atoms with Gasteiger partial charge in [0, 0.05) is 12.1 Å². The van der Waals surface area contributed by atoms with Crippen molar-refractivity contribution in [1.29, 1.82) is 0 Å². The molecular weight excluding hydrogens is 289 g/mol. The monoisotopic (exact) mass is 304 g/mol. The Hall–Kier alpha value is -2.09. The lowest BCUT2D eigenvalue weighted by Crippen LogP contribution is -2.35. The largest absolute Gasteiger partial charge is 0.481 e. The summed E-state index contributed by atoms with van der Waals surface area (Å²) in [5.41, 5.74) is 1.23.